The summed E-state index contributed by atoms with van der Waals surface area (Å²) in [5, 5.41) is 0. The van der Waals surface area contributed by atoms with E-state index in [1.807, 2.05) is 13.8 Å². The molecule has 0 aromatic heterocycles. The monoisotopic (exact) mass is 372 g/mol. The van der Waals surface area contributed by atoms with Gasteiger partial charge in [0, 0.05) is 22.5 Å². The van der Waals surface area contributed by atoms with Crippen molar-refractivity contribution < 1.29 is 19.1 Å². The highest BCUT2D eigenvalue weighted by Crippen LogP contribution is 2.08. The molecule has 0 N–H and O–H groups in total. The number of ether oxygens (including phenoxy) is 2. The average Bonchev–Trinajstić information content (AvgIpc) is 2.23. The minimum atomic E-state index is -0.349. The fourth-order valence-electron chi connectivity index (χ4n) is 0.939. The zero-order valence-electron chi connectivity index (χ0n) is 10.1. The van der Waals surface area contributed by atoms with E-state index in [9.17, 15) is 9.59 Å². The Labute approximate surface area is 119 Å². The lowest BCUT2D eigenvalue weighted by molar-refractivity contribution is -0.167. The maximum absolute atomic E-state index is 11.2. The number of carbonyl (C=O) groups excluding carboxylic acids is 2. The number of hydrogen-bond donors (Lipinski definition) is 0. The van der Waals surface area contributed by atoms with Crippen LogP contribution < -0.4 is 0 Å². The van der Waals surface area contributed by atoms with Crippen molar-refractivity contribution in [3.8, 4) is 0 Å². The topological polar surface area (TPSA) is 52.6 Å². The molecule has 0 aromatic rings. The number of alkyl halides is 2. The molecule has 0 aromatic carbocycles. The molecule has 0 fully saturated rings. The van der Waals surface area contributed by atoms with E-state index in [0.29, 0.717) is 25.7 Å². The van der Waals surface area contributed by atoms with Crippen LogP contribution in [0.2, 0.25) is 0 Å². The van der Waals surface area contributed by atoms with E-state index in [-0.39, 0.29) is 28.4 Å². The first-order valence-corrected chi connectivity index (χ1v) is 7.34. The third-order valence-electron chi connectivity index (χ3n) is 1.93. The predicted octanol–water partition coefficient (Wildman–Crippen LogP) is 3.16. The van der Waals surface area contributed by atoms with Gasteiger partial charge in [0.25, 0.3) is 0 Å². The van der Waals surface area contributed by atoms with E-state index in [1.54, 1.807) is 0 Å². The molecule has 17 heavy (non-hydrogen) atoms. The quantitative estimate of drug-likeness (QED) is 0.372. The van der Waals surface area contributed by atoms with E-state index >= 15 is 0 Å². The van der Waals surface area contributed by atoms with Crippen LogP contribution in [0.1, 0.15) is 39.5 Å². The lowest BCUT2D eigenvalue weighted by Gasteiger charge is -2.07. The van der Waals surface area contributed by atoms with E-state index in [1.165, 1.54) is 0 Å². The second kappa shape index (κ2) is 9.88. The van der Waals surface area contributed by atoms with Crippen molar-refractivity contribution >= 4 is 43.8 Å². The van der Waals surface area contributed by atoms with Crippen LogP contribution in [0.3, 0.4) is 0 Å². The zero-order valence-corrected chi connectivity index (χ0v) is 13.3. The summed E-state index contributed by atoms with van der Waals surface area (Å²) in [6, 6.07) is 0. The number of carbonyl (C=O) groups is 2. The highest BCUT2D eigenvalue weighted by Gasteiger charge is 2.08. The van der Waals surface area contributed by atoms with Crippen LogP contribution in [0.5, 0.6) is 0 Å². The van der Waals surface area contributed by atoms with Crippen LogP contribution in [0.15, 0.2) is 0 Å². The van der Waals surface area contributed by atoms with Gasteiger partial charge in [0.1, 0.15) is 0 Å². The first-order chi connectivity index (χ1) is 7.91. The maximum atomic E-state index is 11.2. The van der Waals surface area contributed by atoms with E-state index in [2.05, 4.69) is 31.9 Å². The Morgan fingerprint density at radius 3 is 1.59 bits per heavy atom. The van der Waals surface area contributed by atoms with Crippen molar-refractivity contribution in [3.05, 3.63) is 0 Å². The summed E-state index contributed by atoms with van der Waals surface area (Å²) in [7, 11) is 0. The molecule has 4 nitrogen and oxygen atoms in total. The number of esters is 2. The van der Waals surface area contributed by atoms with E-state index in [0.717, 1.165) is 0 Å². The Hall–Kier alpha value is -0.100. The Kier molecular flexibility index (Phi) is 9.82. The molecule has 0 spiro atoms. The molecule has 2 atom stereocenters. The summed E-state index contributed by atoms with van der Waals surface area (Å²) < 4.78 is 9.51. The summed E-state index contributed by atoms with van der Waals surface area (Å²) in [4.78, 5) is 22.9. The van der Waals surface area contributed by atoms with Crippen LogP contribution >= 0.6 is 31.9 Å². The second-order valence-corrected chi connectivity index (χ2v) is 6.92. The van der Waals surface area contributed by atoms with Crippen molar-refractivity contribution in [3.63, 3.8) is 0 Å². The number of hydrogen-bond acceptors (Lipinski definition) is 4. The van der Waals surface area contributed by atoms with Crippen LogP contribution in [-0.2, 0) is 19.1 Å². The Morgan fingerprint density at radius 1 is 0.941 bits per heavy atom. The van der Waals surface area contributed by atoms with Gasteiger partial charge in [0.15, 0.2) is 0 Å². The molecular formula is C11H18Br2O4. The molecule has 2 unspecified atom stereocenters. The molecule has 0 rings (SSSR count). The highest BCUT2D eigenvalue weighted by atomic mass is 79.9. The number of rotatable bonds is 8. The second-order valence-electron chi connectivity index (χ2n) is 3.79. The zero-order chi connectivity index (χ0) is 13.3. The van der Waals surface area contributed by atoms with Crippen molar-refractivity contribution in [2.45, 2.75) is 49.2 Å². The molecule has 0 aliphatic carbocycles. The third-order valence-corrected chi connectivity index (χ3v) is 2.85. The molecule has 6 heteroatoms. The van der Waals surface area contributed by atoms with Gasteiger partial charge in [-0.25, -0.2) is 0 Å². The standard InChI is InChI=1S/C11H18Br2O4/c1-8(12)3-5-10(14)16-7-17-11(15)6-4-9(2)13/h8-9H,3-7H2,1-2H3. The van der Waals surface area contributed by atoms with Crippen molar-refractivity contribution in [2.24, 2.45) is 0 Å². The van der Waals surface area contributed by atoms with Gasteiger partial charge < -0.3 is 9.47 Å². The molecule has 100 valence electrons. The van der Waals surface area contributed by atoms with Gasteiger partial charge in [-0.1, -0.05) is 45.7 Å². The van der Waals surface area contributed by atoms with Crippen molar-refractivity contribution in [2.75, 3.05) is 6.79 Å². The van der Waals surface area contributed by atoms with Gasteiger partial charge >= 0.3 is 11.9 Å². The number of halogens is 2. The third kappa shape index (κ3) is 12.2. The first kappa shape index (κ1) is 16.9. The molecule has 0 saturated carbocycles. The summed E-state index contributed by atoms with van der Waals surface area (Å²) in [5.74, 6) is -0.698. The van der Waals surface area contributed by atoms with Gasteiger partial charge in [0.05, 0.1) is 0 Å². The summed E-state index contributed by atoms with van der Waals surface area (Å²) in [6.45, 7) is 3.62. The lowest BCUT2D eigenvalue weighted by atomic mass is 10.2. The smallest absolute Gasteiger partial charge is 0.308 e. The molecular weight excluding hydrogens is 356 g/mol. The normalized spacial score (nSPS) is 13.9. The van der Waals surface area contributed by atoms with E-state index < -0.39 is 0 Å². The molecule has 0 saturated heterocycles. The Bertz CT molecular complexity index is 218. The fourth-order valence-corrected chi connectivity index (χ4v) is 1.40. The fraction of sp³-hybridized carbons (Fsp3) is 0.818. The molecule has 0 aliphatic heterocycles. The SMILES string of the molecule is CC(Br)CCC(=O)OCOC(=O)CCC(C)Br. The average molecular weight is 374 g/mol. The van der Waals surface area contributed by atoms with Gasteiger partial charge in [0.2, 0.25) is 6.79 Å². The molecule has 0 amide bonds. The van der Waals surface area contributed by atoms with E-state index in [4.69, 9.17) is 9.47 Å². The molecule has 0 bridgehead atoms. The lowest BCUT2D eigenvalue weighted by Crippen LogP contribution is -2.13. The van der Waals surface area contributed by atoms with Crippen molar-refractivity contribution in [1.29, 1.82) is 0 Å². The van der Waals surface area contributed by atoms with Gasteiger partial charge in [-0.15, -0.1) is 0 Å². The molecule has 0 aliphatic rings. The van der Waals surface area contributed by atoms with Gasteiger partial charge in [-0.05, 0) is 12.8 Å². The van der Waals surface area contributed by atoms with Crippen LogP contribution in [0.25, 0.3) is 0 Å². The minimum Gasteiger partial charge on any atom is -0.428 e. The minimum absolute atomic E-state index is 0.276. The first-order valence-electron chi connectivity index (χ1n) is 5.51. The molecule has 0 heterocycles. The summed E-state index contributed by atoms with van der Waals surface area (Å²) in [6.07, 6.45) is 2.05. The summed E-state index contributed by atoms with van der Waals surface area (Å²) in [5.41, 5.74) is 0. The van der Waals surface area contributed by atoms with Gasteiger partial charge in [-0.2, -0.15) is 0 Å². The van der Waals surface area contributed by atoms with Crippen LogP contribution in [0, 0.1) is 0 Å². The summed E-state index contributed by atoms with van der Waals surface area (Å²) >= 11 is 6.66. The largest absolute Gasteiger partial charge is 0.428 e. The Balaban J connectivity index is 3.49. The van der Waals surface area contributed by atoms with Crippen LogP contribution in [-0.4, -0.2) is 28.4 Å². The van der Waals surface area contributed by atoms with Crippen LogP contribution in [0.4, 0.5) is 0 Å². The Morgan fingerprint density at radius 2 is 1.29 bits per heavy atom. The maximum Gasteiger partial charge on any atom is 0.308 e. The predicted molar refractivity (Wildman–Crippen MR) is 72.3 cm³/mol. The van der Waals surface area contributed by atoms with Crippen molar-refractivity contribution in [1.82, 2.24) is 0 Å². The highest BCUT2D eigenvalue weighted by molar-refractivity contribution is 9.09. The van der Waals surface area contributed by atoms with Gasteiger partial charge in [-0.3, -0.25) is 9.59 Å². The molecule has 0 radical (unpaired) electrons.